The van der Waals surface area contributed by atoms with Gasteiger partial charge in [0, 0.05) is 11.8 Å². The lowest BCUT2D eigenvalue weighted by atomic mass is 9.89. The molecule has 6 heteroatoms. The van der Waals surface area contributed by atoms with E-state index in [4.69, 9.17) is 4.74 Å². The summed E-state index contributed by atoms with van der Waals surface area (Å²) in [5.41, 5.74) is -0.120. The number of rotatable bonds is 11. The molecular formula is C27H30FNO4. The van der Waals surface area contributed by atoms with Crippen molar-refractivity contribution >= 4 is 22.6 Å². The molecule has 0 bridgehead atoms. The van der Waals surface area contributed by atoms with E-state index in [2.05, 4.69) is 5.32 Å². The van der Waals surface area contributed by atoms with E-state index >= 15 is 0 Å². The minimum atomic E-state index is -1.33. The molecule has 0 aliphatic heterocycles. The number of carboxylic acids is 1. The van der Waals surface area contributed by atoms with E-state index in [9.17, 15) is 19.1 Å². The van der Waals surface area contributed by atoms with Crippen molar-refractivity contribution in [3.63, 3.8) is 0 Å². The zero-order valence-corrected chi connectivity index (χ0v) is 19.1. The van der Waals surface area contributed by atoms with E-state index < -0.39 is 17.4 Å². The first-order valence-corrected chi connectivity index (χ1v) is 11.3. The normalized spacial score (nSPS) is 12.8. The van der Waals surface area contributed by atoms with Crippen molar-refractivity contribution in [3.05, 3.63) is 77.6 Å². The van der Waals surface area contributed by atoms with E-state index in [0.717, 1.165) is 22.8 Å². The maximum absolute atomic E-state index is 13.3. The van der Waals surface area contributed by atoms with Crippen molar-refractivity contribution in [2.45, 2.75) is 51.5 Å². The van der Waals surface area contributed by atoms with Crippen LogP contribution in [0.25, 0.3) is 10.8 Å². The molecule has 174 valence electrons. The predicted molar refractivity (Wildman–Crippen MR) is 127 cm³/mol. The number of hydrogen-bond donors (Lipinski definition) is 2. The Balaban J connectivity index is 1.90. The lowest BCUT2D eigenvalue weighted by Crippen LogP contribution is -2.54. The number of carboxylic acid groups (broad SMARTS) is 1. The highest BCUT2D eigenvalue weighted by Gasteiger charge is 2.38. The molecule has 1 atom stereocenters. The van der Waals surface area contributed by atoms with E-state index in [1.807, 2.05) is 37.3 Å². The van der Waals surface area contributed by atoms with Gasteiger partial charge in [-0.05, 0) is 42.0 Å². The number of amides is 1. The summed E-state index contributed by atoms with van der Waals surface area (Å²) < 4.78 is 19.3. The van der Waals surface area contributed by atoms with Crippen LogP contribution in [0.15, 0.2) is 60.7 Å². The van der Waals surface area contributed by atoms with Crippen LogP contribution in [-0.4, -0.2) is 29.1 Å². The van der Waals surface area contributed by atoms with Gasteiger partial charge >= 0.3 is 5.97 Å². The van der Waals surface area contributed by atoms with Crippen molar-refractivity contribution in [3.8, 4) is 5.75 Å². The lowest BCUT2D eigenvalue weighted by Gasteiger charge is -2.30. The van der Waals surface area contributed by atoms with Crippen LogP contribution in [0.4, 0.5) is 4.39 Å². The Bertz CT molecular complexity index is 1110. The lowest BCUT2D eigenvalue weighted by molar-refractivity contribution is -0.145. The third-order valence-electron chi connectivity index (χ3n) is 6.00. The number of nitrogens with one attached hydrogen (secondary N) is 1. The summed E-state index contributed by atoms with van der Waals surface area (Å²) in [6, 6.07) is 17.3. The first kappa shape index (κ1) is 24.2. The third-order valence-corrected chi connectivity index (χ3v) is 6.00. The predicted octanol–water partition coefficient (Wildman–Crippen LogP) is 5.75. The molecule has 0 fully saturated rings. The summed E-state index contributed by atoms with van der Waals surface area (Å²) in [7, 11) is 0. The molecule has 0 saturated carbocycles. The third kappa shape index (κ3) is 5.69. The second-order valence-corrected chi connectivity index (χ2v) is 8.19. The molecule has 1 amide bonds. The van der Waals surface area contributed by atoms with Gasteiger partial charge in [-0.3, -0.25) is 4.79 Å². The van der Waals surface area contributed by atoms with Gasteiger partial charge in [0.05, 0.1) is 12.2 Å². The average Bonchev–Trinajstić information content (AvgIpc) is 2.82. The van der Waals surface area contributed by atoms with Crippen LogP contribution in [0.5, 0.6) is 5.75 Å². The van der Waals surface area contributed by atoms with Crippen LogP contribution < -0.4 is 10.1 Å². The van der Waals surface area contributed by atoms with Crippen molar-refractivity contribution in [1.82, 2.24) is 5.32 Å². The monoisotopic (exact) mass is 451 g/mol. The van der Waals surface area contributed by atoms with Gasteiger partial charge in [-0.2, -0.15) is 0 Å². The molecule has 5 nitrogen and oxygen atoms in total. The fourth-order valence-electron chi connectivity index (χ4n) is 3.90. The van der Waals surface area contributed by atoms with Crippen molar-refractivity contribution < 1.29 is 23.8 Å². The first-order valence-electron chi connectivity index (χ1n) is 11.3. The van der Waals surface area contributed by atoms with Crippen LogP contribution in [0, 0.1) is 5.82 Å². The number of halogens is 1. The maximum atomic E-state index is 13.3. The molecule has 0 aliphatic carbocycles. The number of ether oxygens (including phenoxy) is 1. The van der Waals surface area contributed by atoms with Gasteiger partial charge in [-0.25, -0.2) is 9.18 Å². The van der Waals surface area contributed by atoms with Crippen molar-refractivity contribution in [1.29, 1.82) is 0 Å². The zero-order chi connectivity index (χ0) is 23.8. The van der Waals surface area contributed by atoms with E-state index in [0.29, 0.717) is 30.6 Å². The smallest absolute Gasteiger partial charge is 0.329 e. The van der Waals surface area contributed by atoms with Crippen LogP contribution in [-0.2, 0) is 11.2 Å². The summed E-state index contributed by atoms with van der Waals surface area (Å²) in [5, 5.41) is 14.4. The fraction of sp³-hybridized carbons (Fsp3) is 0.333. The molecule has 1 unspecified atom stereocenters. The molecule has 0 saturated heterocycles. The summed E-state index contributed by atoms with van der Waals surface area (Å²) in [6.07, 6.45) is 2.70. The van der Waals surface area contributed by atoms with E-state index in [1.165, 1.54) is 12.1 Å². The highest BCUT2D eigenvalue weighted by Crippen LogP contribution is 2.31. The number of benzene rings is 3. The Morgan fingerprint density at radius 2 is 1.76 bits per heavy atom. The highest BCUT2D eigenvalue weighted by molar-refractivity contribution is 6.05. The average molecular weight is 452 g/mol. The van der Waals surface area contributed by atoms with Crippen LogP contribution in [0.3, 0.4) is 0 Å². The zero-order valence-electron chi connectivity index (χ0n) is 19.1. The molecule has 3 rings (SSSR count). The molecular weight excluding hydrogens is 421 g/mol. The molecule has 3 aromatic rings. The van der Waals surface area contributed by atoms with Gasteiger partial charge in [0.15, 0.2) is 0 Å². The molecule has 0 aliphatic rings. The standard InChI is InChI=1S/C27H30FNO4/c1-3-5-17-27(4-2,26(31)32)29-25(30)23-15-12-20-8-6-7-9-22(20)24(23)33-18-16-19-10-13-21(28)14-11-19/h6-15H,3-5,16-18H2,1-2H3,(H,29,30)(H,31,32). The highest BCUT2D eigenvalue weighted by atomic mass is 19.1. The molecule has 33 heavy (non-hydrogen) atoms. The number of hydrogen-bond acceptors (Lipinski definition) is 3. The van der Waals surface area contributed by atoms with Gasteiger partial charge in [0.2, 0.25) is 0 Å². The van der Waals surface area contributed by atoms with Gasteiger partial charge in [-0.15, -0.1) is 0 Å². The van der Waals surface area contributed by atoms with Crippen molar-refractivity contribution in [2.24, 2.45) is 0 Å². The molecule has 2 N–H and O–H groups in total. The number of fused-ring (bicyclic) bond motifs is 1. The Hall–Kier alpha value is -3.41. The molecule has 0 heterocycles. The molecule has 0 spiro atoms. The largest absolute Gasteiger partial charge is 0.492 e. The summed E-state index contributed by atoms with van der Waals surface area (Å²) in [6.45, 7) is 4.04. The number of unbranched alkanes of at least 4 members (excludes halogenated alkanes) is 1. The van der Waals surface area contributed by atoms with E-state index in [-0.39, 0.29) is 18.8 Å². The van der Waals surface area contributed by atoms with E-state index in [1.54, 1.807) is 25.1 Å². The van der Waals surface area contributed by atoms with Gasteiger partial charge in [0.25, 0.3) is 5.91 Å². The van der Waals surface area contributed by atoms with Crippen LogP contribution in [0.2, 0.25) is 0 Å². The summed E-state index contributed by atoms with van der Waals surface area (Å²) in [4.78, 5) is 25.4. The minimum Gasteiger partial charge on any atom is -0.492 e. The summed E-state index contributed by atoms with van der Waals surface area (Å²) in [5.74, 6) is -1.39. The molecule has 0 aromatic heterocycles. The fourth-order valence-corrected chi connectivity index (χ4v) is 3.90. The Labute approximate surface area is 193 Å². The molecule has 3 aromatic carbocycles. The SMILES string of the molecule is CCCCC(CC)(NC(=O)c1ccc2ccccc2c1OCCc1ccc(F)cc1)C(=O)O. The summed E-state index contributed by atoms with van der Waals surface area (Å²) >= 11 is 0. The second-order valence-electron chi connectivity index (χ2n) is 8.19. The number of aliphatic carboxylic acids is 1. The van der Waals surface area contributed by atoms with Crippen molar-refractivity contribution in [2.75, 3.05) is 6.61 Å². The number of carbonyl (C=O) groups excluding carboxylic acids is 1. The minimum absolute atomic E-state index is 0.280. The Morgan fingerprint density at radius 1 is 1.03 bits per heavy atom. The Morgan fingerprint density at radius 3 is 2.42 bits per heavy atom. The first-order chi connectivity index (χ1) is 15.9. The maximum Gasteiger partial charge on any atom is 0.329 e. The molecule has 0 radical (unpaired) electrons. The van der Waals surface area contributed by atoms with Gasteiger partial charge in [-0.1, -0.05) is 69.2 Å². The second kappa shape index (κ2) is 10.9. The van der Waals surface area contributed by atoms with Gasteiger partial charge in [0.1, 0.15) is 17.1 Å². The Kier molecular flexibility index (Phi) is 8.04. The van der Waals surface area contributed by atoms with Crippen LogP contribution in [0.1, 0.15) is 55.5 Å². The van der Waals surface area contributed by atoms with Gasteiger partial charge < -0.3 is 15.2 Å². The topological polar surface area (TPSA) is 75.6 Å². The quantitative estimate of drug-likeness (QED) is 0.389. The van der Waals surface area contributed by atoms with Crippen LogP contribution >= 0.6 is 0 Å². The number of carbonyl (C=O) groups is 2.